The van der Waals surface area contributed by atoms with Gasteiger partial charge in [0.15, 0.2) is 0 Å². The summed E-state index contributed by atoms with van der Waals surface area (Å²) in [4.78, 5) is 55.8. The zero-order valence-electron chi connectivity index (χ0n) is 21.3. The van der Waals surface area contributed by atoms with E-state index in [-0.39, 0.29) is 70.5 Å². The molecule has 0 bridgehead atoms. The average Bonchev–Trinajstić information content (AvgIpc) is 2.83. The van der Waals surface area contributed by atoms with Gasteiger partial charge >= 0.3 is 11.9 Å². The van der Waals surface area contributed by atoms with Crippen molar-refractivity contribution in [3.63, 3.8) is 0 Å². The van der Waals surface area contributed by atoms with Gasteiger partial charge < -0.3 is 30.3 Å². The van der Waals surface area contributed by atoms with Crippen LogP contribution in [0.3, 0.4) is 0 Å². The number of carboxylic acid groups (broad SMARTS) is 2. The Morgan fingerprint density at radius 1 is 0.694 bits per heavy atom. The first-order valence-corrected chi connectivity index (χ1v) is 12.9. The van der Waals surface area contributed by atoms with E-state index >= 15 is 0 Å². The fourth-order valence-corrected chi connectivity index (χ4v) is 3.46. The molecular weight excluding hydrogens is 472 g/mol. The lowest BCUT2D eigenvalue weighted by atomic mass is 10.0. The van der Waals surface area contributed by atoms with Crippen LogP contribution in [0.5, 0.6) is 0 Å². The molecule has 4 N–H and O–H groups in total. The summed E-state index contributed by atoms with van der Waals surface area (Å²) < 4.78 is 10.1. The van der Waals surface area contributed by atoms with E-state index in [9.17, 15) is 29.1 Å². The van der Waals surface area contributed by atoms with Crippen LogP contribution >= 0.6 is 0 Å². The van der Waals surface area contributed by atoms with Crippen molar-refractivity contribution in [2.45, 2.75) is 95.9 Å². The molecule has 0 rings (SSSR count). The number of hydrogen-bond donors (Lipinski definition) is 4. The molecule has 0 saturated heterocycles. The van der Waals surface area contributed by atoms with Crippen molar-refractivity contribution in [2.24, 2.45) is 0 Å². The lowest BCUT2D eigenvalue weighted by Crippen LogP contribution is -2.41. The molecule has 0 aromatic rings. The third-order valence-corrected chi connectivity index (χ3v) is 5.44. The van der Waals surface area contributed by atoms with Crippen molar-refractivity contribution >= 4 is 30.0 Å². The van der Waals surface area contributed by atoms with Crippen LogP contribution in [0.2, 0.25) is 0 Å². The molecule has 0 heterocycles. The highest BCUT2D eigenvalue weighted by molar-refractivity contribution is 5.84. The number of carbonyl (C=O) groups excluding carboxylic acids is 3. The van der Waals surface area contributed by atoms with Crippen LogP contribution < -0.4 is 10.6 Å². The molecule has 0 aromatic carbocycles. The van der Waals surface area contributed by atoms with Crippen LogP contribution in [-0.4, -0.2) is 79.3 Å². The quantitative estimate of drug-likeness (QED) is 0.126. The Balaban J connectivity index is 3.74. The van der Waals surface area contributed by atoms with Gasteiger partial charge in [0.05, 0.1) is 19.8 Å². The number of unbranched alkanes of at least 4 members (excludes halogenated alkanes) is 9. The number of rotatable bonds is 26. The minimum Gasteiger partial charge on any atom is -0.481 e. The molecule has 0 aliphatic carbocycles. The maximum Gasteiger partial charge on any atom is 0.326 e. The molecule has 0 saturated carbocycles. The third kappa shape index (κ3) is 23.2. The minimum atomic E-state index is -1.17. The first kappa shape index (κ1) is 33.5. The zero-order chi connectivity index (χ0) is 26.9. The van der Waals surface area contributed by atoms with E-state index in [0.717, 1.165) is 57.8 Å². The largest absolute Gasteiger partial charge is 0.481 e. The Labute approximate surface area is 213 Å². The topological polar surface area (TPSA) is 168 Å². The van der Waals surface area contributed by atoms with Gasteiger partial charge in [0.25, 0.3) is 0 Å². The summed E-state index contributed by atoms with van der Waals surface area (Å²) in [5.41, 5.74) is 0. The number of carboxylic acids is 2. The molecule has 11 heteroatoms. The zero-order valence-corrected chi connectivity index (χ0v) is 21.3. The molecule has 36 heavy (non-hydrogen) atoms. The summed E-state index contributed by atoms with van der Waals surface area (Å²) in [6, 6.07) is -1.11. The van der Waals surface area contributed by atoms with Gasteiger partial charge in [-0.2, -0.15) is 0 Å². The Bertz CT molecular complexity index is 629. The van der Waals surface area contributed by atoms with Gasteiger partial charge in [-0.15, -0.1) is 0 Å². The molecule has 0 unspecified atom stereocenters. The van der Waals surface area contributed by atoms with E-state index in [1.165, 1.54) is 0 Å². The molecule has 11 nitrogen and oxygen atoms in total. The third-order valence-electron chi connectivity index (χ3n) is 5.44. The Hall–Kier alpha value is -2.53. The molecule has 0 aromatic heterocycles. The number of hydrogen-bond acceptors (Lipinski definition) is 7. The summed E-state index contributed by atoms with van der Waals surface area (Å²) in [6.45, 7) is 0.940. The number of amides is 2. The fraction of sp³-hybridized carbons (Fsp3) is 0.800. The highest BCUT2D eigenvalue weighted by atomic mass is 16.5. The van der Waals surface area contributed by atoms with E-state index < -0.39 is 18.0 Å². The normalized spacial score (nSPS) is 11.6. The maximum atomic E-state index is 12.1. The van der Waals surface area contributed by atoms with Crippen LogP contribution in [0.1, 0.15) is 89.9 Å². The van der Waals surface area contributed by atoms with Gasteiger partial charge in [0, 0.05) is 25.8 Å². The molecule has 1 atom stereocenters. The van der Waals surface area contributed by atoms with Crippen LogP contribution in [0.25, 0.3) is 0 Å². The van der Waals surface area contributed by atoms with Gasteiger partial charge in [-0.05, 0) is 19.3 Å². The Morgan fingerprint density at radius 2 is 1.25 bits per heavy atom. The van der Waals surface area contributed by atoms with Gasteiger partial charge in [-0.3, -0.25) is 19.2 Å². The summed E-state index contributed by atoms with van der Waals surface area (Å²) in [5.74, 6) is -2.56. The fourth-order valence-electron chi connectivity index (χ4n) is 3.46. The summed E-state index contributed by atoms with van der Waals surface area (Å²) in [6.07, 6.45) is 11.9. The summed E-state index contributed by atoms with van der Waals surface area (Å²) in [7, 11) is 0. The van der Waals surface area contributed by atoms with Gasteiger partial charge in [-0.1, -0.05) is 51.4 Å². The molecule has 2 amide bonds. The van der Waals surface area contributed by atoms with Gasteiger partial charge in [-0.25, -0.2) is 4.79 Å². The van der Waals surface area contributed by atoms with Gasteiger partial charge in [0.2, 0.25) is 18.1 Å². The molecular formula is C25H43N2O9. The van der Waals surface area contributed by atoms with E-state index in [2.05, 4.69) is 10.6 Å². The molecule has 1 radical (unpaired) electrons. The van der Waals surface area contributed by atoms with E-state index in [1.54, 1.807) is 6.29 Å². The predicted molar refractivity (Wildman–Crippen MR) is 132 cm³/mol. The highest BCUT2D eigenvalue weighted by Crippen LogP contribution is 2.12. The molecule has 0 spiro atoms. The van der Waals surface area contributed by atoms with Crippen molar-refractivity contribution in [3.8, 4) is 0 Å². The number of carbonyl (C=O) groups is 4. The lowest BCUT2D eigenvalue weighted by Gasteiger charge is -2.14. The van der Waals surface area contributed by atoms with E-state index in [1.807, 2.05) is 0 Å². The number of aliphatic carboxylic acids is 2. The molecule has 0 aliphatic heterocycles. The summed E-state index contributed by atoms with van der Waals surface area (Å²) >= 11 is 0. The standard InChI is InChI=1S/C25H43N2O9/c28-16-18-36-20-19-35-17-15-26-22(29)14-13-21(25(33)34)27-23(30)11-9-7-5-3-1-2-4-6-8-10-12-24(31)32/h21H,1-15,17-20H2,(H,26,29)(H,27,30)(H,31,32)(H,33,34)/t21-/m0/s1. The van der Waals surface area contributed by atoms with Crippen LogP contribution in [0.15, 0.2) is 0 Å². The van der Waals surface area contributed by atoms with Crippen molar-refractivity contribution in [2.75, 3.05) is 33.0 Å². The maximum absolute atomic E-state index is 12.1. The van der Waals surface area contributed by atoms with Crippen molar-refractivity contribution in [1.82, 2.24) is 10.6 Å². The second-order valence-corrected chi connectivity index (χ2v) is 8.59. The van der Waals surface area contributed by atoms with Crippen molar-refractivity contribution < 1.29 is 43.7 Å². The van der Waals surface area contributed by atoms with E-state index in [4.69, 9.17) is 14.6 Å². The monoisotopic (exact) mass is 515 g/mol. The van der Waals surface area contributed by atoms with Crippen LogP contribution in [-0.2, 0) is 33.4 Å². The SMILES string of the molecule is O=[C]COCCOCCNC(=O)CC[C@H](NC(=O)CCCCCCCCCCCCC(=O)O)C(=O)O. The molecule has 0 aliphatic rings. The smallest absolute Gasteiger partial charge is 0.326 e. The summed E-state index contributed by atoms with van der Waals surface area (Å²) in [5, 5.41) is 23.0. The number of ether oxygens (including phenoxy) is 2. The first-order chi connectivity index (χ1) is 17.4. The van der Waals surface area contributed by atoms with Crippen molar-refractivity contribution in [1.29, 1.82) is 0 Å². The lowest BCUT2D eigenvalue weighted by molar-refractivity contribution is -0.142. The highest BCUT2D eigenvalue weighted by Gasteiger charge is 2.20. The Kier molecular flexibility index (Phi) is 22.5. The average molecular weight is 516 g/mol. The van der Waals surface area contributed by atoms with E-state index in [0.29, 0.717) is 6.42 Å². The number of nitrogens with one attached hydrogen (secondary N) is 2. The van der Waals surface area contributed by atoms with Crippen LogP contribution in [0, 0.1) is 0 Å². The predicted octanol–water partition coefficient (Wildman–Crippen LogP) is 2.36. The molecule has 0 fully saturated rings. The Morgan fingerprint density at radius 3 is 1.81 bits per heavy atom. The molecule has 207 valence electrons. The van der Waals surface area contributed by atoms with Crippen molar-refractivity contribution in [3.05, 3.63) is 0 Å². The first-order valence-electron chi connectivity index (χ1n) is 12.9. The second-order valence-electron chi connectivity index (χ2n) is 8.59. The second kappa shape index (κ2) is 24.2. The van der Waals surface area contributed by atoms with Gasteiger partial charge in [0.1, 0.15) is 12.6 Å². The minimum absolute atomic E-state index is 0.000106. The van der Waals surface area contributed by atoms with Crippen LogP contribution in [0.4, 0.5) is 0 Å².